The summed E-state index contributed by atoms with van der Waals surface area (Å²) in [6.45, 7) is 5.27. The van der Waals surface area contributed by atoms with Crippen molar-refractivity contribution in [3.8, 4) is 11.5 Å². The third-order valence-electron chi connectivity index (χ3n) is 1.82. The van der Waals surface area contributed by atoms with E-state index in [0.717, 1.165) is 17.9 Å². The minimum absolute atomic E-state index is 0.157. The van der Waals surface area contributed by atoms with Crippen LogP contribution in [0.25, 0.3) is 0 Å². The Bertz CT molecular complexity index is 287. The lowest BCUT2D eigenvalue weighted by Crippen LogP contribution is -2.09. The number of nitrogens with two attached hydrogens (primary N) is 1. The van der Waals surface area contributed by atoms with Gasteiger partial charge in [-0.15, -0.1) is 0 Å². The van der Waals surface area contributed by atoms with E-state index in [1.165, 1.54) is 0 Å². The molecule has 3 heteroatoms. The molecule has 2 N–H and O–H groups in total. The summed E-state index contributed by atoms with van der Waals surface area (Å²) < 4.78 is 11.2. The maximum atomic E-state index is 5.62. The molecule has 0 amide bonds. The monoisotopic (exact) mass is 209 g/mol. The molecule has 0 saturated heterocycles. The van der Waals surface area contributed by atoms with Crippen molar-refractivity contribution in [2.45, 2.75) is 26.4 Å². The van der Waals surface area contributed by atoms with Gasteiger partial charge in [-0.05, 0) is 38.9 Å². The summed E-state index contributed by atoms with van der Waals surface area (Å²) in [7, 11) is 0. The second-order valence-electron chi connectivity index (χ2n) is 3.60. The first kappa shape index (κ1) is 11.9. The average molecular weight is 209 g/mol. The van der Waals surface area contributed by atoms with Gasteiger partial charge in [-0.2, -0.15) is 0 Å². The van der Waals surface area contributed by atoms with Gasteiger partial charge in [-0.25, -0.2) is 0 Å². The fraction of sp³-hybridized carbons (Fsp3) is 0.500. The van der Waals surface area contributed by atoms with E-state index in [2.05, 4.69) is 0 Å². The fourth-order valence-corrected chi connectivity index (χ4v) is 1.19. The SMILES string of the molecule is CC(C)Oc1ccccc1OCCCN. The van der Waals surface area contributed by atoms with Crippen LogP contribution in [0.2, 0.25) is 0 Å². The molecule has 0 aliphatic carbocycles. The van der Waals surface area contributed by atoms with Gasteiger partial charge < -0.3 is 15.2 Å². The van der Waals surface area contributed by atoms with E-state index in [1.54, 1.807) is 0 Å². The van der Waals surface area contributed by atoms with Crippen molar-refractivity contribution in [2.75, 3.05) is 13.2 Å². The van der Waals surface area contributed by atoms with E-state index in [4.69, 9.17) is 15.2 Å². The van der Waals surface area contributed by atoms with E-state index >= 15 is 0 Å². The molecule has 0 spiro atoms. The molecule has 0 radical (unpaired) electrons. The van der Waals surface area contributed by atoms with Crippen molar-refractivity contribution >= 4 is 0 Å². The molecule has 0 unspecified atom stereocenters. The molecule has 0 heterocycles. The summed E-state index contributed by atoms with van der Waals surface area (Å²) in [6, 6.07) is 7.70. The highest BCUT2D eigenvalue weighted by atomic mass is 16.5. The summed E-state index contributed by atoms with van der Waals surface area (Å²) in [5.74, 6) is 1.59. The molecular formula is C12H19NO2. The van der Waals surface area contributed by atoms with Crippen molar-refractivity contribution in [1.82, 2.24) is 0 Å². The van der Waals surface area contributed by atoms with Crippen LogP contribution in [0.4, 0.5) is 0 Å². The predicted molar refractivity (Wildman–Crippen MR) is 61.4 cm³/mol. The summed E-state index contributed by atoms with van der Waals surface area (Å²) in [4.78, 5) is 0. The Morgan fingerprint density at radius 1 is 1.20 bits per heavy atom. The molecule has 0 saturated carbocycles. The summed E-state index contributed by atoms with van der Waals surface area (Å²) in [5, 5.41) is 0. The standard InChI is InChI=1S/C12H19NO2/c1-10(2)15-12-7-4-3-6-11(12)14-9-5-8-13/h3-4,6-7,10H,5,8-9,13H2,1-2H3. The molecule has 0 bridgehead atoms. The number of benzene rings is 1. The molecule has 0 aromatic heterocycles. The van der Waals surface area contributed by atoms with Crippen LogP contribution in [0.15, 0.2) is 24.3 Å². The van der Waals surface area contributed by atoms with Crippen LogP contribution in [0.1, 0.15) is 20.3 Å². The third kappa shape index (κ3) is 4.21. The molecule has 1 aromatic rings. The number of ether oxygens (including phenoxy) is 2. The third-order valence-corrected chi connectivity index (χ3v) is 1.82. The molecule has 1 rings (SSSR count). The van der Waals surface area contributed by atoms with Gasteiger partial charge in [0, 0.05) is 0 Å². The Hall–Kier alpha value is -1.22. The Morgan fingerprint density at radius 3 is 2.47 bits per heavy atom. The van der Waals surface area contributed by atoms with Crippen LogP contribution in [0.5, 0.6) is 11.5 Å². The lowest BCUT2D eigenvalue weighted by Gasteiger charge is -2.14. The van der Waals surface area contributed by atoms with Crippen LogP contribution >= 0.6 is 0 Å². The van der Waals surface area contributed by atoms with E-state index in [0.29, 0.717) is 13.2 Å². The number of para-hydroxylation sites is 2. The van der Waals surface area contributed by atoms with Crippen LogP contribution in [-0.2, 0) is 0 Å². The minimum Gasteiger partial charge on any atom is -0.490 e. The Labute approximate surface area is 91.2 Å². The lowest BCUT2D eigenvalue weighted by molar-refractivity contribution is 0.220. The average Bonchev–Trinajstić information content (AvgIpc) is 2.20. The van der Waals surface area contributed by atoms with Gasteiger partial charge in [-0.1, -0.05) is 12.1 Å². The molecule has 0 fully saturated rings. The summed E-state index contributed by atoms with van der Waals surface area (Å²) in [5.41, 5.74) is 5.40. The summed E-state index contributed by atoms with van der Waals surface area (Å²) >= 11 is 0. The van der Waals surface area contributed by atoms with Gasteiger partial charge in [0.1, 0.15) is 0 Å². The second-order valence-corrected chi connectivity index (χ2v) is 3.60. The smallest absolute Gasteiger partial charge is 0.161 e. The lowest BCUT2D eigenvalue weighted by atomic mass is 10.3. The number of hydrogen-bond acceptors (Lipinski definition) is 3. The molecule has 0 aliphatic heterocycles. The maximum absolute atomic E-state index is 5.62. The van der Waals surface area contributed by atoms with Gasteiger partial charge in [0.05, 0.1) is 12.7 Å². The van der Waals surface area contributed by atoms with E-state index in [9.17, 15) is 0 Å². The highest BCUT2D eigenvalue weighted by molar-refractivity contribution is 5.39. The first-order chi connectivity index (χ1) is 7.24. The minimum atomic E-state index is 0.157. The maximum Gasteiger partial charge on any atom is 0.161 e. The van der Waals surface area contributed by atoms with Gasteiger partial charge in [0.2, 0.25) is 0 Å². The first-order valence-corrected chi connectivity index (χ1v) is 5.32. The highest BCUT2D eigenvalue weighted by Gasteiger charge is 2.05. The second kappa shape index (κ2) is 6.30. The molecule has 1 aromatic carbocycles. The number of rotatable bonds is 6. The zero-order valence-electron chi connectivity index (χ0n) is 9.40. The highest BCUT2D eigenvalue weighted by Crippen LogP contribution is 2.27. The van der Waals surface area contributed by atoms with Crippen LogP contribution in [-0.4, -0.2) is 19.3 Å². The topological polar surface area (TPSA) is 44.5 Å². The van der Waals surface area contributed by atoms with E-state index in [1.807, 2.05) is 38.1 Å². The zero-order valence-corrected chi connectivity index (χ0v) is 9.40. The summed E-state index contributed by atoms with van der Waals surface area (Å²) in [6.07, 6.45) is 1.01. The van der Waals surface area contributed by atoms with Crippen LogP contribution in [0.3, 0.4) is 0 Å². The normalized spacial score (nSPS) is 10.4. The molecule has 3 nitrogen and oxygen atoms in total. The molecule has 15 heavy (non-hydrogen) atoms. The van der Waals surface area contributed by atoms with Crippen molar-refractivity contribution < 1.29 is 9.47 Å². The Morgan fingerprint density at radius 2 is 1.87 bits per heavy atom. The van der Waals surface area contributed by atoms with Gasteiger partial charge in [0.25, 0.3) is 0 Å². The van der Waals surface area contributed by atoms with Crippen LogP contribution < -0.4 is 15.2 Å². The van der Waals surface area contributed by atoms with Gasteiger partial charge >= 0.3 is 0 Å². The first-order valence-electron chi connectivity index (χ1n) is 5.32. The van der Waals surface area contributed by atoms with Crippen molar-refractivity contribution in [1.29, 1.82) is 0 Å². The molecular weight excluding hydrogens is 190 g/mol. The van der Waals surface area contributed by atoms with Crippen LogP contribution in [0, 0.1) is 0 Å². The van der Waals surface area contributed by atoms with E-state index in [-0.39, 0.29) is 6.10 Å². The molecule has 0 atom stereocenters. The van der Waals surface area contributed by atoms with Crippen molar-refractivity contribution in [3.05, 3.63) is 24.3 Å². The van der Waals surface area contributed by atoms with Crippen molar-refractivity contribution in [2.24, 2.45) is 5.73 Å². The predicted octanol–water partition coefficient (Wildman–Crippen LogP) is 2.20. The molecule has 0 aliphatic rings. The molecule has 84 valence electrons. The Kier molecular flexibility index (Phi) is 4.98. The van der Waals surface area contributed by atoms with Gasteiger partial charge in [-0.3, -0.25) is 0 Å². The van der Waals surface area contributed by atoms with Crippen molar-refractivity contribution in [3.63, 3.8) is 0 Å². The largest absolute Gasteiger partial charge is 0.490 e. The van der Waals surface area contributed by atoms with Gasteiger partial charge in [0.15, 0.2) is 11.5 Å². The fourth-order valence-electron chi connectivity index (χ4n) is 1.19. The zero-order chi connectivity index (χ0) is 11.1. The van der Waals surface area contributed by atoms with E-state index < -0.39 is 0 Å². The Balaban J connectivity index is 2.60. The quantitative estimate of drug-likeness (QED) is 0.730. The number of hydrogen-bond donors (Lipinski definition) is 1.